The summed E-state index contributed by atoms with van der Waals surface area (Å²) in [7, 11) is -3.61. The van der Waals surface area contributed by atoms with E-state index in [0.29, 0.717) is 23.9 Å². The van der Waals surface area contributed by atoms with Gasteiger partial charge in [-0.3, -0.25) is 0 Å². The molecule has 3 aliphatic rings. The van der Waals surface area contributed by atoms with Crippen LogP contribution in [0.2, 0.25) is 0 Å². The average Bonchev–Trinajstić information content (AvgIpc) is 3.35. The molecule has 0 bridgehead atoms. The molecule has 2 aliphatic heterocycles. The zero-order chi connectivity index (χ0) is 19.2. The third kappa shape index (κ3) is 3.78. The Morgan fingerprint density at radius 3 is 2.70 bits per heavy atom. The number of hydrogen-bond acceptors (Lipinski definition) is 4. The highest BCUT2D eigenvalue weighted by Crippen LogP contribution is 2.34. The summed E-state index contributed by atoms with van der Waals surface area (Å²) in [5.74, 6) is 0.513. The van der Waals surface area contributed by atoms with E-state index < -0.39 is 10.0 Å². The smallest absolute Gasteiger partial charge is 0.317 e. The van der Waals surface area contributed by atoms with E-state index in [-0.39, 0.29) is 24.2 Å². The van der Waals surface area contributed by atoms with E-state index in [1.54, 1.807) is 17.0 Å². The molecule has 2 N–H and O–H groups in total. The van der Waals surface area contributed by atoms with Crippen molar-refractivity contribution in [2.45, 2.75) is 56.1 Å². The average molecular weight is 393 g/mol. The van der Waals surface area contributed by atoms with E-state index >= 15 is 0 Å². The Balaban J connectivity index is 1.65. The van der Waals surface area contributed by atoms with Gasteiger partial charge in [-0.15, -0.1) is 0 Å². The number of nitrogens with one attached hydrogen (secondary N) is 2. The van der Waals surface area contributed by atoms with Gasteiger partial charge in [0.2, 0.25) is 10.0 Å². The molecular formula is C19H28N4O3S. The number of para-hydroxylation sites is 1. The molecule has 2 atom stereocenters. The lowest BCUT2D eigenvalue weighted by Gasteiger charge is -2.33. The van der Waals surface area contributed by atoms with Gasteiger partial charge in [-0.25, -0.2) is 17.9 Å². The Bertz CT molecular complexity index is 822. The summed E-state index contributed by atoms with van der Waals surface area (Å²) in [6, 6.07) is 7.02. The molecule has 0 aromatic heterocycles. The quantitative estimate of drug-likeness (QED) is 0.818. The highest BCUT2D eigenvalue weighted by Gasteiger charge is 2.45. The van der Waals surface area contributed by atoms with Crippen LogP contribution < -0.4 is 14.9 Å². The van der Waals surface area contributed by atoms with Crippen LogP contribution in [0.3, 0.4) is 0 Å². The van der Waals surface area contributed by atoms with Crippen LogP contribution in [0.5, 0.6) is 0 Å². The molecule has 7 nitrogen and oxygen atoms in total. The van der Waals surface area contributed by atoms with Crippen molar-refractivity contribution in [2.24, 2.45) is 5.92 Å². The van der Waals surface area contributed by atoms with E-state index in [1.807, 2.05) is 12.1 Å². The second-order valence-corrected chi connectivity index (χ2v) is 9.95. The highest BCUT2D eigenvalue weighted by atomic mass is 32.2. The van der Waals surface area contributed by atoms with Gasteiger partial charge in [0, 0.05) is 25.7 Å². The van der Waals surface area contributed by atoms with Crippen LogP contribution in [0.25, 0.3) is 0 Å². The van der Waals surface area contributed by atoms with Crippen molar-refractivity contribution in [3.8, 4) is 0 Å². The third-order valence-corrected chi connectivity index (χ3v) is 7.14. The minimum atomic E-state index is -3.61. The number of nitrogens with zero attached hydrogens (tertiary/aromatic N) is 2. The number of urea groups is 1. The molecule has 2 unspecified atom stereocenters. The molecule has 2 amide bonds. The maximum atomic E-state index is 12.9. The Hall–Kier alpha value is -1.80. The monoisotopic (exact) mass is 392 g/mol. The largest absolute Gasteiger partial charge is 0.364 e. The number of sulfonamides is 1. The third-order valence-electron chi connectivity index (χ3n) is 5.60. The molecule has 4 rings (SSSR count). The van der Waals surface area contributed by atoms with Gasteiger partial charge in [-0.2, -0.15) is 0 Å². The number of likely N-dealkylation sites (tertiary alicyclic amines) is 1. The topological polar surface area (TPSA) is 81.8 Å². The van der Waals surface area contributed by atoms with Gasteiger partial charge in [0.15, 0.2) is 0 Å². The fourth-order valence-corrected chi connectivity index (χ4v) is 5.40. The molecule has 148 valence electrons. The molecule has 0 spiro atoms. The fraction of sp³-hybridized carbons (Fsp3) is 0.632. The maximum absolute atomic E-state index is 12.9. The second kappa shape index (κ2) is 6.98. The van der Waals surface area contributed by atoms with E-state index in [0.717, 1.165) is 31.5 Å². The van der Waals surface area contributed by atoms with Crippen molar-refractivity contribution in [3.05, 3.63) is 24.3 Å². The van der Waals surface area contributed by atoms with Gasteiger partial charge in [0.05, 0.1) is 17.8 Å². The van der Waals surface area contributed by atoms with Crippen molar-refractivity contribution < 1.29 is 13.2 Å². The van der Waals surface area contributed by atoms with Crippen LogP contribution in [-0.4, -0.2) is 57.1 Å². The van der Waals surface area contributed by atoms with Gasteiger partial charge in [0.25, 0.3) is 0 Å². The number of carbonyl (C=O) groups is 1. The van der Waals surface area contributed by atoms with Crippen molar-refractivity contribution in [1.29, 1.82) is 0 Å². The summed E-state index contributed by atoms with van der Waals surface area (Å²) in [5.41, 5.74) is 0.739. The van der Waals surface area contributed by atoms with Gasteiger partial charge in [-0.1, -0.05) is 26.0 Å². The summed E-state index contributed by atoms with van der Waals surface area (Å²) in [6.07, 6.45) is 3.03. The molecule has 1 aromatic carbocycles. The Kier molecular flexibility index (Phi) is 4.80. The van der Waals surface area contributed by atoms with Crippen molar-refractivity contribution in [1.82, 2.24) is 14.9 Å². The number of anilines is 1. The molecule has 27 heavy (non-hydrogen) atoms. The molecule has 2 fully saturated rings. The van der Waals surface area contributed by atoms with Crippen LogP contribution >= 0.6 is 0 Å². The number of rotatable bonds is 4. The van der Waals surface area contributed by atoms with Crippen LogP contribution in [0.4, 0.5) is 10.5 Å². The molecule has 0 radical (unpaired) electrons. The van der Waals surface area contributed by atoms with Gasteiger partial charge in [-0.05, 0) is 37.3 Å². The molecular weight excluding hydrogens is 364 g/mol. The molecule has 1 aliphatic carbocycles. The first-order valence-corrected chi connectivity index (χ1v) is 11.3. The Labute approximate surface area is 161 Å². The summed E-state index contributed by atoms with van der Waals surface area (Å²) < 4.78 is 28.7. The lowest BCUT2D eigenvalue weighted by molar-refractivity contribution is 0.207. The predicted molar refractivity (Wildman–Crippen MR) is 104 cm³/mol. The SMILES string of the molecule is CC(C)CCN1c2ccccc2S(=O)(=O)NC2CN(C(=O)NC3CC3)CC21. The van der Waals surface area contributed by atoms with Gasteiger partial charge >= 0.3 is 6.03 Å². The number of carbonyl (C=O) groups excluding carboxylic acids is 1. The minimum Gasteiger partial charge on any atom is -0.364 e. The molecule has 1 aromatic rings. The van der Waals surface area contributed by atoms with Crippen LogP contribution in [0.1, 0.15) is 33.1 Å². The van der Waals surface area contributed by atoms with Crippen LogP contribution in [0, 0.1) is 5.92 Å². The summed E-state index contributed by atoms with van der Waals surface area (Å²) in [4.78, 5) is 16.8. The fourth-order valence-electron chi connectivity index (χ4n) is 3.92. The molecule has 1 saturated carbocycles. The van der Waals surface area contributed by atoms with Crippen molar-refractivity contribution in [2.75, 3.05) is 24.5 Å². The first-order valence-electron chi connectivity index (χ1n) is 9.78. The number of fused-ring (bicyclic) bond motifs is 2. The normalized spacial score (nSPS) is 26.5. The minimum absolute atomic E-state index is 0.0628. The van der Waals surface area contributed by atoms with E-state index in [9.17, 15) is 13.2 Å². The summed E-state index contributed by atoms with van der Waals surface area (Å²) in [6.45, 7) is 6.03. The second-order valence-electron chi connectivity index (χ2n) is 8.27. The molecule has 2 heterocycles. The lowest BCUT2D eigenvalue weighted by atomic mass is 10.1. The van der Waals surface area contributed by atoms with Crippen molar-refractivity contribution in [3.63, 3.8) is 0 Å². The van der Waals surface area contributed by atoms with E-state index in [2.05, 4.69) is 28.8 Å². The van der Waals surface area contributed by atoms with Gasteiger partial charge in [0.1, 0.15) is 4.90 Å². The predicted octanol–water partition coefficient (Wildman–Crippen LogP) is 1.76. The summed E-state index contributed by atoms with van der Waals surface area (Å²) in [5, 5.41) is 3.02. The lowest BCUT2D eigenvalue weighted by Crippen LogP contribution is -2.49. The number of amides is 2. The Morgan fingerprint density at radius 2 is 2.00 bits per heavy atom. The molecule has 8 heteroatoms. The van der Waals surface area contributed by atoms with Crippen LogP contribution in [0.15, 0.2) is 29.2 Å². The van der Waals surface area contributed by atoms with Crippen molar-refractivity contribution >= 4 is 21.7 Å². The zero-order valence-corrected chi connectivity index (χ0v) is 16.7. The first-order chi connectivity index (χ1) is 12.8. The first kappa shape index (κ1) is 18.6. The number of hydrogen-bond donors (Lipinski definition) is 2. The summed E-state index contributed by atoms with van der Waals surface area (Å²) >= 11 is 0. The van der Waals surface area contributed by atoms with E-state index in [1.165, 1.54) is 0 Å². The highest BCUT2D eigenvalue weighted by molar-refractivity contribution is 7.89. The molecule has 1 saturated heterocycles. The Morgan fingerprint density at radius 1 is 1.26 bits per heavy atom. The number of benzene rings is 1. The van der Waals surface area contributed by atoms with Crippen LogP contribution in [-0.2, 0) is 10.0 Å². The van der Waals surface area contributed by atoms with Gasteiger partial charge < -0.3 is 15.1 Å². The van der Waals surface area contributed by atoms with E-state index in [4.69, 9.17) is 0 Å². The zero-order valence-electron chi connectivity index (χ0n) is 15.9. The standard InChI is InChI=1S/C19H28N4O3S/c1-13(2)9-10-23-16-5-3-4-6-18(16)27(25,26)21-15-11-22(12-17(15)23)19(24)20-14-7-8-14/h3-6,13-15,17,21H,7-12H2,1-2H3,(H,20,24). The maximum Gasteiger partial charge on any atom is 0.317 e.